The highest BCUT2D eigenvalue weighted by Gasteiger charge is 2.20. The number of piperazine rings is 1. The van der Waals surface area contributed by atoms with Gasteiger partial charge < -0.3 is 15.1 Å². The van der Waals surface area contributed by atoms with Gasteiger partial charge in [-0.1, -0.05) is 30.3 Å². The average molecular weight is 390 g/mol. The third-order valence-corrected chi connectivity index (χ3v) is 5.02. The van der Waals surface area contributed by atoms with Crippen molar-refractivity contribution < 1.29 is 0 Å². The van der Waals surface area contributed by atoms with Gasteiger partial charge in [-0.2, -0.15) is 5.10 Å². The van der Waals surface area contributed by atoms with Crippen LogP contribution < -0.4 is 10.2 Å². The molecule has 0 atom stereocenters. The molecule has 0 bridgehead atoms. The van der Waals surface area contributed by atoms with Crippen LogP contribution in [0, 0.1) is 0 Å². The summed E-state index contributed by atoms with van der Waals surface area (Å²) in [5, 5.41) is 7.68. The Bertz CT molecular complexity index is 915. The summed E-state index contributed by atoms with van der Waals surface area (Å²) in [6.07, 6.45) is 5.14. The third-order valence-electron chi connectivity index (χ3n) is 5.02. The van der Waals surface area contributed by atoms with Gasteiger partial charge in [0.2, 0.25) is 0 Å². The zero-order valence-electron chi connectivity index (χ0n) is 16.6. The first-order valence-corrected chi connectivity index (χ1v) is 9.83. The molecule has 1 saturated heterocycles. The Labute approximate surface area is 170 Å². The summed E-state index contributed by atoms with van der Waals surface area (Å²) in [5.74, 6) is 1.98. The van der Waals surface area contributed by atoms with Crippen molar-refractivity contribution in [1.82, 2.24) is 30.0 Å². The number of hydrogen-bond acceptors (Lipinski definition) is 5. The Kier molecular flexibility index (Phi) is 5.99. The van der Waals surface area contributed by atoms with Crippen LogP contribution in [0.1, 0.15) is 11.1 Å². The van der Waals surface area contributed by atoms with E-state index in [1.807, 2.05) is 30.1 Å². The lowest BCUT2D eigenvalue weighted by atomic mass is 10.1. The molecule has 0 spiro atoms. The highest BCUT2D eigenvalue weighted by Crippen LogP contribution is 2.13. The third kappa shape index (κ3) is 4.90. The molecule has 29 heavy (non-hydrogen) atoms. The number of guanidine groups is 1. The van der Waals surface area contributed by atoms with E-state index in [-0.39, 0.29) is 0 Å². The predicted octanol–water partition coefficient (Wildman–Crippen LogP) is 1.62. The van der Waals surface area contributed by atoms with Crippen LogP contribution in [-0.4, -0.2) is 63.8 Å². The van der Waals surface area contributed by atoms with E-state index >= 15 is 0 Å². The molecule has 0 aliphatic carbocycles. The van der Waals surface area contributed by atoms with Crippen molar-refractivity contribution in [3.8, 4) is 0 Å². The van der Waals surface area contributed by atoms with Crippen molar-refractivity contribution in [3.05, 3.63) is 72.4 Å². The van der Waals surface area contributed by atoms with E-state index in [4.69, 9.17) is 0 Å². The monoisotopic (exact) mass is 390 g/mol. The highest BCUT2D eigenvalue weighted by molar-refractivity contribution is 5.80. The lowest BCUT2D eigenvalue weighted by Crippen LogP contribution is -2.52. The van der Waals surface area contributed by atoms with Crippen LogP contribution in [0.3, 0.4) is 0 Å². The molecule has 0 radical (unpaired) electrons. The summed E-state index contributed by atoms with van der Waals surface area (Å²) in [6.45, 7) is 5.16. The molecule has 1 fully saturated rings. The molecule has 150 valence electrons. The normalized spacial score (nSPS) is 14.9. The zero-order chi connectivity index (χ0) is 19.9. The second kappa shape index (κ2) is 9.18. The molecule has 0 saturated carbocycles. The molecule has 0 amide bonds. The molecular formula is C21H26N8. The molecular weight excluding hydrogens is 364 g/mol. The predicted molar refractivity (Wildman–Crippen MR) is 114 cm³/mol. The SMILES string of the molecule is CN=C(NCc1cccc(Cn2cncn2)c1)N1CCN(c2ccccn2)CC1. The molecule has 0 unspecified atom stereocenters. The molecule has 8 nitrogen and oxygen atoms in total. The molecule has 8 heteroatoms. The number of anilines is 1. The van der Waals surface area contributed by atoms with Gasteiger partial charge in [0.1, 0.15) is 18.5 Å². The number of pyridine rings is 1. The molecule has 2 aromatic heterocycles. The van der Waals surface area contributed by atoms with Crippen molar-refractivity contribution in [2.75, 3.05) is 38.1 Å². The number of rotatable bonds is 5. The van der Waals surface area contributed by atoms with Gasteiger partial charge in [-0.15, -0.1) is 0 Å². The van der Waals surface area contributed by atoms with Crippen LogP contribution in [0.2, 0.25) is 0 Å². The number of benzene rings is 1. The zero-order valence-corrected chi connectivity index (χ0v) is 16.6. The van der Waals surface area contributed by atoms with E-state index in [2.05, 4.69) is 65.5 Å². The van der Waals surface area contributed by atoms with Gasteiger partial charge in [-0.25, -0.2) is 14.6 Å². The van der Waals surface area contributed by atoms with Gasteiger partial charge in [-0.3, -0.25) is 4.99 Å². The van der Waals surface area contributed by atoms with E-state index < -0.39 is 0 Å². The molecule has 3 aromatic rings. The van der Waals surface area contributed by atoms with Crippen molar-refractivity contribution in [2.24, 2.45) is 4.99 Å². The number of aromatic nitrogens is 4. The van der Waals surface area contributed by atoms with Crippen molar-refractivity contribution >= 4 is 11.8 Å². The van der Waals surface area contributed by atoms with Gasteiger partial charge >= 0.3 is 0 Å². The van der Waals surface area contributed by atoms with Gasteiger partial charge in [0.05, 0.1) is 6.54 Å². The quantitative estimate of drug-likeness (QED) is 0.527. The van der Waals surface area contributed by atoms with E-state index in [9.17, 15) is 0 Å². The number of nitrogens with one attached hydrogen (secondary N) is 1. The lowest BCUT2D eigenvalue weighted by Gasteiger charge is -2.37. The van der Waals surface area contributed by atoms with Gasteiger partial charge in [0.25, 0.3) is 0 Å². The Morgan fingerprint density at radius 1 is 1.07 bits per heavy atom. The first-order valence-electron chi connectivity index (χ1n) is 9.83. The Hall–Kier alpha value is -3.42. The summed E-state index contributed by atoms with van der Waals surface area (Å²) in [5.41, 5.74) is 2.42. The maximum absolute atomic E-state index is 4.48. The van der Waals surface area contributed by atoms with Crippen LogP contribution in [0.4, 0.5) is 5.82 Å². The van der Waals surface area contributed by atoms with Gasteiger partial charge in [0, 0.05) is 46.0 Å². The van der Waals surface area contributed by atoms with Crippen LogP contribution in [0.25, 0.3) is 0 Å². The Morgan fingerprint density at radius 2 is 1.93 bits per heavy atom. The maximum atomic E-state index is 4.48. The first kappa shape index (κ1) is 18.9. The second-order valence-corrected chi connectivity index (χ2v) is 6.98. The molecule has 1 aliphatic rings. The lowest BCUT2D eigenvalue weighted by molar-refractivity contribution is 0.371. The molecule has 1 aromatic carbocycles. The topological polar surface area (TPSA) is 74.5 Å². The molecule has 1 N–H and O–H groups in total. The fourth-order valence-electron chi connectivity index (χ4n) is 3.54. The highest BCUT2D eigenvalue weighted by atomic mass is 15.4. The standard InChI is InChI=1S/C21H26N8/c1-22-21(28-11-9-27(10-12-28)20-7-2-3-8-24-20)25-14-18-5-4-6-19(13-18)15-29-17-23-16-26-29/h2-8,13,16-17H,9-12,14-15H2,1H3,(H,22,25). The van der Waals surface area contributed by atoms with E-state index in [1.54, 1.807) is 12.7 Å². The minimum Gasteiger partial charge on any atom is -0.353 e. The summed E-state index contributed by atoms with van der Waals surface area (Å²) in [6, 6.07) is 14.6. The minimum atomic E-state index is 0.720. The summed E-state index contributed by atoms with van der Waals surface area (Å²) >= 11 is 0. The van der Waals surface area contributed by atoms with Crippen LogP contribution in [0.15, 0.2) is 66.3 Å². The van der Waals surface area contributed by atoms with Crippen molar-refractivity contribution in [3.63, 3.8) is 0 Å². The first-order chi connectivity index (χ1) is 14.3. The fourth-order valence-corrected chi connectivity index (χ4v) is 3.54. The van der Waals surface area contributed by atoms with E-state index in [1.165, 1.54) is 11.1 Å². The summed E-state index contributed by atoms with van der Waals surface area (Å²) < 4.78 is 1.83. The average Bonchev–Trinajstić information content (AvgIpc) is 3.29. The fraction of sp³-hybridized carbons (Fsp3) is 0.333. The van der Waals surface area contributed by atoms with Gasteiger partial charge in [0.15, 0.2) is 5.96 Å². The Morgan fingerprint density at radius 3 is 2.66 bits per heavy atom. The van der Waals surface area contributed by atoms with Crippen molar-refractivity contribution in [1.29, 1.82) is 0 Å². The van der Waals surface area contributed by atoms with Gasteiger partial charge in [-0.05, 0) is 23.3 Å². The molecule has 4 rings (SSSR count). The molecule has 3 heterocycles. The smallest absolute Gasteiger partial charge is 0.194 e. The van der Waals surface area contributed by atoms with E-state index in [0.717, 1.165) is 51.0 Å². The number of aliphatic imine (C=N–C) groups is 1. The van der Waals surface area contributed by atoms with Crippen molar-refractivity contribution in [2.45, 2.75) is 13.1 Å². The maximum Gasteiger partial charge on any atom is 0.194 e. The molecule has 1 aliphatic heterocycles. The number of hydrogen-bond donors (Lipinski definition) is 1. The summed E-state index contributed by atoms with van der Waals surface area (Å²) in [7, 11) is 1.84. The van der Waals surface area contributed by atoms with Crippen LogP contribution in [0.5, 0.6) is 0 Å². The largest absolute Gasteiger partial charge is 0.353 e. The van der Waals surface area contributed by atoms with Crippen LogP contribution >= 0.6 is 0 Å². The number of nitrogens with zero attached hydrogens (tertiary/aromatic N) is 7. The van der Waals surface area contributed by atoms with Crippen LogP contribution in [-0.2, 0) is 13.1 Å². The summed E-state index contributed by atoms with van der Waals surface area (Å²) in [4.78, 5) is 17.6. The minimum absolute atomic E-state index is 0.720. The second-order valence-electron chi connectivity index (χ2n) is 6.98. The Balaban J connectivity index is 1.31. The van der Waals surface area contributed by atoms with E-state index in [0.29, 0.717) is 0 Å².